The quantitative estimate of drug-likeness (QED) is 0.901. The van der Waals surface area contributed by atoms with E-state index in [2.05, 4.69) is 17.3 Å². The van der Waals surface area contributed by atoms with Gasteiger partial charge in [0.1, 0.15) is 5.76 Å². The largest absolute Gasteiger partial charge is 0.380 e. The summed E-state index contributed by atoms with van der Waals surface area (Å²) in [5, 5.41) is 3.96. The van der Waals surface area contributed by atoms with Gasteiger partial charge in [-0.1, -0.05) is 67.6 Å². The zero-order valence-corrected chi connectivity index (χ0v) is 11.1. The number of benzene rings is 1. The first-order chi connectivity index (χ1) is 9.34. The molecule has 1 aromatic carbocycles. The van der Waals surface area contributed by atoms with E-state index in [1.807, 2.05) is 18.2 Å². The van der Waals surface area contributed by atoms with E-state index in [1.165, 1.54) is 32.1 Å². The number of nitrogens with two attached hydrogens (primary N) is 1. The Bertz CT molecular complexity index is 527. The fraction of sp³-hybridized carbons (Fsp3) is 0.438. The van der Waals surface area contributed by atoms with Gasteiger partial charge >= 0.3 is 0 Å². The van der Waals surface area contributed by atoms with Crippen LogP contribution >= 0.6 is 0 Å². The monoisotopic (exact) mass is 256 g/mol. The van der Waals surface area contributed by atoms with E-state index in [0.717, 1.165) is 29.2 Å². The predicted octanol–water partition coefficient (Wildman–Crippen LogP) is 4.05. The minimum Gasteiger partial charge on any atom is -0.380 e. The molecule has 3 heteroatoms. The molecule has 2 aromatic rings. The van der Waals surface area contributed by atoms with E-state index >= 15 is 0 Å². The van der Waals surface area contributed by atoms with Crippen LogP contribution < -0.4 is 5.73 Å². The van der Waals surface area contributed by atoms with Crippen LogP contribution in [0.2, 0.25) is 0 Å². The van der Waals surface area contributed by atoms with Gasteiger partial charge in [0.15, 0.2) is 5.82 Å². The molecule has 0 radical (unpaired) electrons. The minimum atomic E-state index is 0.511. The SMILES string of the molecule is Nc1noc(CC2CCCCC2)c1-c1ccccc1. The molecule has 0 unspecified atom stereocenters. The van der Waals surface area contributed by atoms with Crippen LogP contribution in [0.5, 0.6) is 0 Å². The van der Waals surface area contributed by atoms with Crippen molar-refractivity contribution in [2.24, 2.45) is 5.92 Å². The molecule has 0 atom stereocenters. The molecule has 0 spiro atoms. The van der Waals surface area contributed by atoms with Crippen LogP contribution in [0.1, 0.15) is 37.9 Å². The van der Waals surface area contributed by atoms with Crippen molar-refractivity contribution >= 4 is 5.82 Å². The highest BCUT2D eigenvalue weighted by atomic mass is 16.5. The zero-order valence-electron chi connectivity index (χ0n) is 11.1. The second-order valence-corrected chi connectivity index (χ2v) is 5.44. The van der Waals surface area contributed by atoms with Crippen molar-refractivity contribution in [1.29, 1.82) is 0 Å². The Balaban J connectivity index is 1.86. The first-order valence-electron chi connectivity index (χ1n) is 7.14. The number of hydrogen-bond donors (Lipinski definition) is 1. The molecular weight excluding hydrogens is 236 g/mol. The molecule has 3 rings (SSSR count). The number of anilines is 1. The Morgan fingerprint density at radius 3 is 2.58 bits per heavy atom. The number of nitrogen functional groups attached to an aromatic ring is 1. The maximum Gasteiger partial charge on any atom is 0.175 e. The van der Waals surface area contributed by atoms with Gasteiger partial charge in [-0.05, 0) is 11.5 Å². The Hall–Kier alpha value is -1.77. The highest BCUT2D eigenvalue weighted by Gasteiger charge is 2.21. The Morgan fingerprint density at radius 2 is 1.84 bits per heavy atom. The number of hydrogen-bond acceptors (Lipinski definition) is 3. The number of nitrogens with zero attached hydrogens (tertiary/aromatic N) is 1. The standard InChI is InChI=1S/C16H20N2O/c17-16-15(13-9-5-2-6-10-13)14(19-18-16)11-12-7-3-1-4-8-12/h2,5-6,9-10,12H,1,3-4,7-8,11H2,(H2,17,18). The van der Waals surface area contributed by atoms with Crippen LogP contribution in [0.15, 0.2) is 34.9 Å². The molecule has 2 N–H and O–H groups in total. The Morgan fingerprint density at radius 1 is 1.11 bits per heavy atom. The van der Waals surface area contributed by atoms with Crippen molar-refractivity contribution in [1.82, 2.24) is 5.16 Å². The molecule has 1 heterocycles. The molecule has 1 aliphatic rings. The van der Waals surface area contributed by atoms with Crippen molar-refractivity contribution in [2.45, 2.75) is 38.5 Å². The van der Waals surface area contributed by atoms with Gasteiger partial charge in [0.05, 0.1) is 5.56 Å². The Kier molecular flexibility index (Phi) is 3.53. The molecule has 1 saturated carbocycles. The lowest BCUT2D eigenvalue weighted by atomic mass is 9.85. The van der Waals surface area contributed by atoms with E-state index < -0.39 is 0 Å². The molecule has 1 aliphatic carbocycles. The van der Waals surface area contributed by atoms with Crippen LogP contribution in [-0.4, -0.2) is 5.16 Å². The van der Waals surface area contributed by atoms with E-state index in [9.17, 15) is 0 Å². The summed E-state index contributed by atoms with van der Waals surface area (Å²) in [7, 11) is 0. The summed E-state index contributed by atoms with van der Waals surface area (Å²) in [6.07, 6.45) is 7.63. The molecule has 1 fully saturated rings. The van der Waals surface area contributed by atoms with E-state index in [0.29, 0.717) is 5.82 Å². The minimum absolute atomic E-state index is 0.511. The number of aromatic nitrogens is 1. The molecule has 0 aliphatic heterocycles. The molecule has 0 saturated heterocycles. The van der Waals surface area contributed by atoms with Crippen molar-refractivity contribution in [3.05, 3.63) is 36.1 Å². The summed E-state index contributed by atoms with van der Waals surface area (Å²) in [6.45, 7) is 0. The summed E-state index contributed by atoms with van der Waals surface area (Å²) >= 11 is 0. The van der Waals surface area contributed by atoms with Crippen molar-refractivity contribution in [2.75, 3.05) is 5.73 Å². The summed E-state index contributed by atoms with van der Waals surface area (Å²) in [5.41, 5.74) is 8.07. The summed E-state index contributed by atoms with van der Waals surface area (Å²) < 4.78 is 5.48. The van der Waals surface area contributed by atoms with Gasteiger partial charge in [-0.2, -0.15) is 0 Å². The molecular formula is C16H20N2O. The molecule has 3 nitrogen and oxygen atoms in total. The lowest BCUT2D eigenvalue weighted by Crippen LogP contribution is -2.09. The summed E-state index contributed by atoms with van der Waals surface area (Å²) in [4.78, 5) is 0. The second-order valence-electron chi connectivity index (χ2n) is 5.44. The maximum absolute atomic E-state index is 5.97. The van der Waals surface area contributed by atoms with Gasteiger partial charge in [0.25, 0.3) is 0 Å². The summed E-state index contributed by atoms with van der Waals surface area (Å²) in [6, 6.07) is 10.2. The van der Waals surface area contributed by atoms with Gasteiger partial charge in [-0.15, -0.1) is 0 Å². The van der Waals surface area contributed by atoms with E-state index in [1.54, 1.807) is 0 Å². The van der Waals surface area contributed by atoms with Crippen LogP contribution in [-0.2, 0) is 6.42 Å². The fourth-order valence-electron chi connectivity index (χ4n) is 3.04. The van der Waals surface area contributed by atoms with Gasteiger partial charge in [-0.3, -0.25) is 0 Å². The first-order valence-corrected chi connectivity index (χ1v) is 7.14. The van der Waals surface area contributed by atoms with Gasteiger partial charge < -0.3 is 10.3 Å². The summed E-state index contributed by atoms with van der Waals surface area (Å²) in [5.74, 6) is 2.19. The third kappa shape index (κ3) is 2.65. The fourth-order valence-corrected chi connectivity index (χ4v) is 3.04. The van der Waals surface area contributed by atoms with Gasteiger partial charge in [-0.25, -0.2) is 0 Å². The first kappa shape index (κ1) is 12.3. The average molecular weight is 256 g/mol. The second kappa shape index (κ2) is 5.47. The topological polar surface area (TPSA) is 52.0 Å². The molecule has 1 aromatic heterocycles. The van der Waals surface area contributed by atoms with Gasteiger partial charge in [0, 0.05) is 6.42 Å². The smallest absolute Gasteiger partial charge is 0.175 e. The molecule has 19 heavy (non-hydrogen) atoms. The Labute approximate surface area is 113 Å². The highest BCUT2D eigenvalue weighted by molar-refractivity contribution is 5.75. The normalized spacial score (nSPS) is 16.6. The van der Waals surface area contributed by atoms with Crippen LogP contribution in [0.4, 0.5) is 5.82 Å². The van der Waals surface area contributed by atoms with Crippen LogP contribution in [0, 0.1) is 5.92 Å². The van der Waals surface area contributed by atoms with Gasteiger partial charge in [0.2, 0.25) is 0 Å². The predicted molar refractivity (Wildman–Crippen MR) is 76.6 cm³/mol. The van der Waals surface area contributed by atoms with Crippen molar-refractivity contribution < 1.29 is 4.52 Å². The third-order valence-corrected chi connectivity index (χ3v) is 4.05. The van der Waals surface area contributed by atoms with E-state index in [4.69, 9.17) is 10.3 Å². The zero-order chi connectivity index (χ0) is 13.1. The van der Waals surface area contributed by atoms with Crippen LogP contribution in [0.25, 0.3) is 11.1 Å². The third-order valence-electron chi connectivity index (χ3n) is 4.05. The van der Waals surface area contributed by atoms with E-state index in [-0.39, 0.29) is 0 Å². The lowest BCUT2D eigenvalue weighted by Gasteiger charge is -2.20. The van der Waals surface area contributed by atoms with Crippen molar-refractivity contribution in [3.63, 3.8) is 0 Å². The lowest BCUT2D eigenvalue weighted by molar-refractivity contribution is 0.311. The molecule has 0 amide bonds. The average Bonchev–Trinajstić information content (AvgIpc) is 2.82. The number of rotatable bonds is 3. The molecule has 0 bridgehead atoms. The maximum atomic E-state index is 5.97. The molecule has 100 valence electrons. The highest BCUT2D eigenvalue weighted by Crippen LogP contribution is 2.34. The van der Waals surface area contributed by atoms with Crippen LogP contribution in [0.3, 0.4) is 0 Å². The van der Waals surface area contributed by atoms with Crippen molar-refractivity contribution in [3.8, 4) is 11.1 Å².